The molecule has 2 aromatic carbocycles. The zero-order chi connectivity index (χ0) is 17.4. The number of rotatable bonds is 4. The van der Waals surface area contributed by atoms with E-state index in [9.17, 15) is 8.42 Å². The highest BCUT2D eigenvalue weighted by atomic mass is 32.2. The number of nitrogens with zero attached hydrogens (tertiary/aromatic N) is 1. The number of hydrogen-bond donors (Lipinski definition) is 0. The number of sulfonamides is 1. The van der Waals surface area contributed by atoms with Gasteiger partial charge in [0.1, 0.15) is 11.5 Å². The molecule has 0 spiro atoms. The van der Waals surface area contributed by atoms with E-state index in [0.29, 0.717) is 24.6 Å². The first-order chi connectivity index (χ1) is 12.1. The SMILES string of the molecule is COc1ccccc1C1CCN(S(=O)(=O)c2ccc3c(c2)CCO3)C1. The van der Waals surface area contributed by atoms with Gasteiger partial charge in [0.25, 0.3) is 0 Å². The fourth-order valence-electron chi connectivity index (χ4n) is 3.68. The maximum absolute atomic E-state index is 13.0. The molecule has 0 N–H and O–H groups in total. The number of fused-ring (bicyclic) bond motifs is 1. The van der Waals surface area contributed by atoms with E-state index in [4.69, 9.17) is 9.47 Å². The van der Waals surface area contributed by atoms with E-state index in [1.807, 2.05) is 24.3 Å². The third-order valence-corrected chi connectivity index (χ3v) is 6.89. The lowest BCUT2D eigenvalue weighted by Gasteiger charge is -2.18. The molecule has 0 amide bonds. The molecule has 1 unspecified atom stereocenters. The zero-order valence-electron chi connectivity index (χ0n) is 14.1. The Bertz CT molecular complexity index is 894. The van der Waals surface area contributed by atoms with Crippen LogP contribution in [0.15, 0.2) is 47.4 Å². The molecule has 6 heteroatoms. The van der Waals surface area contributed by atoms with Crippen molar-refractivity contribution in [2.45, 2.75) is 23.7 Å². The van der Waals surface area contributed by atoms with Gasteiger partial charge in [-0.25, -0.2) is 8.42 Å². The highest BCUT2D eigenvalue weighted by molar-refractivity contribution is 7.89. The summed E-state index contributed by atoms with van der Waals surface area (Å²) in [7, 11) is -1.84. The molecule has 0 radical (unpaired) electrons. The molecule has 0 aliphatic carbocycles. The molecule has 2 aromatic rings. The molecule has 5 nitrogen and oxygen atoms in total. The average Bonchev–Trinajstić information content (AvgIpc) is 3.30. The molecule has 132 valence electrons. The zero-order valence-corrected chi connectivity index (χ0v) is 15.0. The predicted octanol–water partition coefficient (Wildman–Crippen LogP) is 2.81. The van der Waals surface area contributed by atoms with E-state index < -0.39 is 10.0 Å². The Kier molecular flexibility index (Phi) is 4.17. The fraction of sp³-hybridized carbons (Fsp3) is 0.368. The van der Waals surface area contributed by atoms with Crippen LogP contribution in [0.5, 0.6) is 11.5 Å². The average molecular weight is 359 g/mol. The van der Waals surface area contributed by atoms with Crippen molar-refractivity contribution in [1.82, 2.24) is 4.31 Å². The van der Waals surface area contributed by atoms with Crippen molar-refractivity contribution in [2.24, 2.45) is 0 Å². The van der Waals surface area contributed by atoms with E-state index >= 15 is 0 Å². The molecular formula is C19H21NO4S. The number of benzene rings is 2. The van der Waals surface area contributed by atoms with Crippen molar-refractivity contribution >= 4 is 10.0 Å². The topological polar surface area (TPSA) is 55.8 Å². The van der Waals surface area contributed by atoms with Gasteiger partial charge in [0, 0.05) is 25.4 Å². The number of ether oxygens (including phenoxy) is 2. The van der Waals surface area contributed by atoms with Gasteiger partial charge in [-0.2, -0.15) is 4.31 Å². The summed E-state index contributed by atoms with van der Waals surface area (Å²) in [6.07, 6.45) is 1.57. The summed E-state index contributed by atoms with van der Waals surface area (Å²) in [6.45, 7) is 1.63. The standard InChI is InChI=1S/C19H21NO4S/c1-23-19-5-3-2-4-17(19)15-8-10-20(13-15)25(21,22)16-6-7-18-14(12-16)9-11-24-18/h2-7,12,15H,8-11,13H2,1H3. The van der Waals surface area contributed by atoms with Crippen LogP contribution in [0.25, 0.3) is 0 Å². The lowest BCUT2D eigenvalue weighted by molar-refractivity contribution is 0.356. The van der Waals surface area contributed by atoms with Crippen molar-refractivity contribution in [3.8, 4) is 11.5 Å². The highest BCUT2D eigenvalue weighted by Crippen LogP contribution is 2.36. The van der Waals surface area contributed by atoms with Crippen molar-refractivity contribution in [1.29, 1.82) is 0 Å². The lowest BCUT2D eigenvalue weighted by Crippen LogP contribution is -2.28. The molecule has 2 aliphatic rings. The molecule has 1 fully saturated rings. The Morgan fingerprint density at radius 3 is 2.88 bits per heavy atom. The van der Waals surface area contributed by atoms with Crippen LogP contribution >= 0.6 is 0 Å². The second kappa shape index (κ2) is 6.35. The van der Waals surface area contributed by atoms with Crippen molar-refractivity contribution in [3.63, 3.8) is 0 Å². The number of methoxy groups -OCH3 is 1. The monoisotopic (exact) mass is 359 g/mol. The highest BCUT2D eigenvalue weighted by Gasteiger charge is 2.34. The number of hydrogen-bond acceptors (Lipinski definition) is 4. The van der Waals surface area contributed by atoms with Crippen molar-refractivity contribution in [2.75, 3.05) is 26.8 Å². The van der Waals surface area contributed by atoms with Crippen LogP contribution in [0.1, 0.15) is 23.5 Å². The minimum atomic E-state index is -3.48. The van der Waals surface area contributed by atoms with Crippen LogP contribution in [0.3, 0.4) is 0 Å². The maximum Gasteiger partial charge on any atom is 0.243 e. The van der Waals surface area contributed by atoms with Gasteiger partial charge in [-0.15, -0.1) is 0 Å². The maximum atomic E-state index is 13.0. The molecule has 0 bridgehead atoms. The number of para-hydroxylation sites is 1. The summed E-state index contributed by atoms with van der Waals surface area (Å²) in [5, 5.41) is 0. The largest absolute Gasteiger partial charge is 0.496 e. The van der Waals surface area contributed by atoms with E-state index in [1.54, 1.807) is 29.6 Å². The van der Waals surface area contributed by atoms with Crippen LogP contribution in [-0.4, -0.2) is 39.5 Å². The van der Waals surface area contributed by atoms with Crippen LogP contribution in [0, 0.1) is 0 Å². The van der Waals surface area contributed by atoms with Gasteiger partial charge < -0.3 is 9.47 Å². The summed E-state index contributed by atoms with van der Waals surface area (Å²) in [5.74, 6) is 1.78. The summed E-state index contributed by atoms with van der Waals surface area (Å²) in [4.78, 5) is 0.359. The van der Waals surface area contributed by atoms with E-state index in [2.05, 4.69) is 0 Å². The Hall–Kier alpha value is -2.05. The molecule has 4 rings (SSSR count). The lowest BCUT2D eigenvalue weighted by atomic mass is 9.97. The molecule has 1 saturated heterocycles. The molecule has 0 aromatic heterocycles. The quantitative estimate of drug-likeness (QED) is 0.842. The van der Waals surface area contributed by atoms with Crippen LogP contribution < -0.4 is 9.47 Å². The van der Waals surface area contributed by atoms with E-state index in [0.717, 1.165) is 35.5 Å². The van der Waals surface area contributed by atoms with Gasteiger partial charge in [0.05, 0.1) is 18.6 Å². The third kappa shape index (κ3) is 2.89. The Morgan fingerprint density at radius 2 is 2.04 bits per heavy atom. The summed E-state index contributed by atoms with van der Waals surface area (Å²) < 4.78 is 38.5. The molecule has 2 aliphatic heterocycles. The van der Waals surface area contributed by atoms with Gasteiger partial charge in [0.15, 0.2) is 0 Å². The van der Waals surface area contributed by atoms with E-state index in [1.165, 1.54) is 0 Å². The first-order valence-corrected chi connectivity index (χ1v) is 9.92. The summed E-state index contributed by atoms with van der Waals surface area (Å²) in [6, 6.07) is 13.0. The van der Waals surface area contributed by atoms with E-state index in [-0.39, 0.29) is 5.92 Å². The second-order valence-corrected chi connectivity index (χ2v) is 8.40. The summed E-state index contributed by atoms with van der Waals surface area (Å²) >= 11 is 0. The molecule has 25 heavy (non-hydrogen) atoms. The van der Waals surface area contributed by atoms with Crippen LogP contribution in [0.4, 0.5) is 0 Å². The molecule has 0 saturated carbocycles. The Morgan fingerprint density at radius 1 is 1.20 bits per heavy atom. The normalized spacial score (nSPS) is 20.3. The fourth-order valence-corrected chi connectivity index (χ4v) is 5.23. The first kappa shape index (κ1) is 16.4. The first-order valence-electron chi connectivity index (χ1n) is 8.48. The van der Waals surface area contributed by atoms with Gasteiger partial charge >= 0.3 is 0 Å². The van der Waals surface area contributed by atoms with Gasteiger partial charge in [0.2, 0.25) is 10.0 Å². The predicted molar refractivity (Wildman–Crippen MR) is 94.8 cm³/mol. The molecule has 2 heterocycles. The minimum absolute atomic E-state index is 0.156. The van der Waals surface area contributed by atoms with Crippen LogP contribution in [0.2, 0.25) is 0 Å². The van der Waals surface area contributed by atoms with Crippen molar-refractivity contribution < 1.29 is 17.9 Å². The smallest absolute Gasteiger partial charge is 0.243 e. The van der Waals surface area contributed by atoms with Crippen LogP contribution in [-0.2, 0) is 16.4 Å². The third-order valence-electron chi connectivity index (χ3n) is 5.03. The van der Waals surface area contributed by atoms with Crippen molar-refractivity contribution in [3.05, 3.63) is 53.6 Å². The van der Waals surface area contributed by atoms with Gasteiger partial charge in [-0.3, -0.25) is 0 Å². The Labute approximate surface area is 148 Å². The molecular weight excluding hydrogens is 338 g/mol. The Balaban J connectivity index is 1.58. The summed E-state index contributed by atoms with van der Waals surface area (Å²) in [5.41, 5.74) is 2.05. The molecule has 1 atom stereocenters. The van der Waals surface area contributed by atoms with Gasteiger partial charge in [-0.1, -0.05) is 18.2 Å². The second-order valence-electron chi connectivity index (χ2n) is 6.46. The van der Waals surface area contributed by atoms with Gasteiger partial charge in [-0.05, 0) is 41.8 Å². The minimum Gasteiger partial charge on any atom is -0.496 e.